The minimum Gasteiger partial charge on any atom is -0.275 e. The third-order valence-corrected chi connectivity index (χ3v) is 3.60. The Balaban J connectivity index is 1.95. The second-order valence-electron chi connectivity index (χ2n) is 4.98. The molecule has 0 amide bonds. The highest BCUT2D eigenvalue weighted by molar-refractivity contribution is 5.85. The molecule has 20 heavy (non-hydrogen) atoms. The van der Waals surface area contributed by atoms with Crippen LogP contribution >= 0.6 is 0 Å². The van der Waals surface area contributed by atoms with Gasteiger partial charge < -0.3 is 0 Å². The molecule has 3 rings (SSSR count). The maximum absolute atomic E-state index is 5.71. The minimum atomic E-state index is 0.0157. The highest BCUT2D eigenvalue weighted by Crippen LogP contribution is 2.23. The molecule has 0 aliphatic carbocycles. The predicted molar refractivity (Wildman–Crippen MR) is 80.9 cm³/mol. The first-order chi connectivity index (χ1) is 9.78. The summed E-state index contributed by atoms with van der Waals surface area (Å²) in [7, 11) is 1.91. The molecule has 0 saturated heterocycles. The van der Waals surface area contributed by atoms with Gasteiger partial charge in [-0.25, -0.2) is 0 Å². The molecule has 0 aliphatic rings. The van der Waals surface area contributed by atoms with E-state index in [0.29, 0.717) is 0 Å². The number of nitrogens with two attached hydrogens (primary N) is 1. The van der Waals surface area contributed by atoms with Crippen molar-refractivity contribution in [3.05, 3.63) is 66.0 Å². The Bertz CT molecular complexity index is 712. The number of benzene rings is 2. The van der Waals surface area contributed by atoms with Crippen molar-refractivity contribution in [3.8, 4) is 0 Å². The molecule has 4 heteroatoms. The first-order valence-corrected chi connectivity index (χ1v) is 6.70. The Kier molecular flexibility index (Phi) is 3.50. The summed E-state index contributed by atoms with van der Waals surface area (Å²) in [6, 6.07) is 16.8. The maximum Gasteiger partial charge on any atom is 0.0810 e. The summed E-state index contributed by atoms with van der Waals surface area (Å²) in [5.74, 6) is 5.71. The molecule has 102 valence electrons. The van der Waals surface area contributed by atoms with E-state index in [-0.39, 0.29) is 6.04 Å². The van der Waals surface area contributed by atoms with Crippen molar-refractivity contribution in [1.82, 2.24) is 15.2 Å². The van der Waals surface area contributed by atoms with Gasteiger partial charge in [0.1, 0.15) is 0 Å². The topological polar surface area (TPSA) is 55.9 Å². The summed E-state index contributed by atoms with van der Waals surface area (Å²) in [5.41, 5.74) is 5.10. The van der Waals surface area contributed by atoms with Crippen molar-refractivity contribution in [3.63, 3.8) is 0 Å². The van der Waals surface area contributed by atoms with E-state index in [4.69, 9.17) is 5.84 Å². The fraction of sp³-hybridized carbons (Fsp3) is 0.188. The van der Waals surface area contributed by atoms with Gasteiger partial charge in [0.25, 0.3) is 0 Å². The van der Waals surface area contributed by atoms with Crippen molar-refractivity contribution in [2.24, 2.45) is 12.9 Å². The molecule has 1 unspecified atom stereocenters. The number of aryl methyl sites for hydroxylation is 1. The van der Waals surface area contributed by atoms with Crippen LogP contribution in [-0.4, -0.2) is 9.78 Å². The van der Waals surface area contributed by atoms with Gasteiger partial charge in [0, 0.05) is 13.2 Å². The lowest BCUT2D eigenvalue weighted by atomic mass is 9.98. The van der Waals surface area contributed by atoms with E-state index < -0.39 is 0 Å². The van der Waals surface area contributed by atoms with Crippen molar-refractivity contribution < 1.29 is 0 Å². The van der Waals surface area contributed by atoms with Crippen LogP contribution in [0.4, 0.5) is 0 Å². The smallest absolute Gasteiger partial charge is 0.0810 e. The average Bonchev–Trinajstić information content (AvgIpc) is 2.91. The largest absolute Gasteiger partial charge is 0.275 e. The molecular formula is C16H18N4. The van der Waals surface area contributed by atoms with Crippen LogP contribution in [0.3, 0.4) is 0 Å². The van der Waals surface area contributed by atoms with E-state index in [9.17, 15) is 0 Å². The molecule has 1 atom stereocenters. The van der Waals surface area contributed by atoms with Crippen molar-refractivity contribution in [1.29, 1.82) is 0 Å². The summed E-state index contributed by atoms with van der Waals surface area (Å²) >= 11 is 0. The Morgan fingerprint density at radius 1 is 1.15 bits per heavy atom. The molecule has 0 fully saturated rings. The Morgan fingerprint density at radius 3 is 2.70 bits per heavy atom. The van der Waals surface area contributed by atoms with E-state index in [1.165, 1.54) is 16.3 Å². The lowest BCUT2D eigenvalue weighted by Crippen LogP contribution is -2.30. The van der Waals surface area contributed by atoms with E-state index in [0.717, 1.165) is 12.1 Å². The molecule has 2 aromatic carbocycles. The molecule has 1 aromatic heterocycles. The molecular weight excluding hydrogens is 248 g/mol. The van der Waals surface area contributed by atoms with Gasteiger partial charge in [0.2, 0.25) is 0 Å². The molecule has 0 bridgehead atoms. The van der Waals surface area contributed by atoms with Crippen LogP contribution in [0.25, 0.3) is 10.8 Å². The third-order valence-electron chi connectivity index (χ3n) is 3.60. The molecule has 0 aliphatic heterocycles. The molecule has 3 aromatic rings. The average molecular weight is 266 g/mol. The van der Waals surface area contributed by atoms with Crippen molar-refractivity contribution >= 4 is 10.8 Å². The van der Waals surface area contributed by atoms with E-state index >= 15 is 0 Å². The number of fused-ring (bicyclic) bond motifs is 1. The van der Waals surface area contributed by atoms with Gasteiger partial charge in [-0.1, -0.05) is 42.5 Å². The zero-order chi connectivity index (χ0) is 13.9. The quantitative estimate of drug-likeness (QED) is 0.563. The fourth-order valence-electron chi connectivity index (χ4n) is 2.56. The van der Waals surface area contributed by atoms with Crippen LogP contribution in [0.15, 0.2) is 54.7 Å². The van der Waals surface area contributed by atoms with Crippen LogP contribution < -0.4 is 11.3 Å². The predicted octanol–water partition coefficient (Wildman–Crippen LogP) is 2.32. The highest BCUT2D eigenvalue weighted by atomic mass is 15.3. The second kappa shape index (κ2) is 5.45. The van der Waals surface area contributed by atoms with Gasteiger partial charge in [-0.3, -0.25) is 16.0 Å². The summed E-state index contributed by atoms with van der Waals surface area (Å²) in [4.78, 5) is 0. The summed E-state index contributed by atoms with van der Waals surface area (Å²) in [5, 5.41) is 6.95. The van der Waals surface area contributed by atoms with E-state index in [1.807, 2.05) is 19.3 Å². The van der Waals surface area contributed by atoms with E-state index in [2.05, 4.69) is 53.0 Å². The molecule has 4 nitrogen and oxygen atoms in total. The number of aromatic nitrogens is 2. The van der Waals surface area contributed by atoms with Crippen LogP contribution in [0.2, 0.25) is 0 Å². The lowest BCUT2D eigenvalue weighted by molar-refractivity contribution is 0.530. The molecule has 0 spiro atoms. The standard InChI is InChI=1S/C16H18N4/c1-20-10-9-15(19-20)16(18-17)11-13-7-4-6-12-5-2-3-8-14(12)13/h2-10,16,18H,11,17H2,1H3. The van der Waals surface area contributed by atoms with Gasteiger partial charge in [0.05, 0.1) is 11.7 Å². The lowest BCUT2D eigenvalue weighted by Gasteiger charge is -2.15. The first kappa shape index (κ1) is 12.8. The Hall–Kier alpha value is -2.17. The Morgan fingerprint density at radius 2 is 1.95 bits per heavy atom. The summed E-state index contributed by atoms with van der Waals surface area (Å²) in [6.07, 6.45) is 2.75. The number of hydrogen-bond donors (Lipinski definition) is 2. The van der Waals surface area contributed by atoms with Crippen LogP contribution in [0, 0.1) is 0 Å². The number of hydrazine groups is 1. The van der Waals surface area contributed by atoms with Crippen molar-refractivity contribution in [2.45, 2.75) is 12.5 Å². The number of hydrogen-bond acceptors (Lipinski definition) is 3. The Labute approximate surface area is 118 Å². The van der Waals surface area contributed by atoms with Crippen LogP contribution in [0.1, 0.15) is 17.3 Å². The van der Waals surface area contributed by atoms with Gasteiger partial charge in [-0.15, -0.1) is 0 Å². The zero-order valence-electron chi connectivity index (χ0n) is 11.5. The monoisotopic (exact) mass is 266 g/mol. The van der Waals surface area contributed by atoms with Gasteiger partial charge in [-0.05, 0) is 28.8 Å². The van der Waals surface area contributed by atoms with Gasteiger partial charge in [0.15, 0.2) is 0 Å². The van der Waals surface area contributed by atoms with Crippen molar-refractivity contribution in [2.75, 3.05) is 0 Å². The van der Waals surface area contributed by atoms with Gasteiger partial charge in [-0.2, -0.15) is 5.10 Å². The third kappa shape index (κ3) is 2.43. The molecule has 1 heterocycles. The summed E-state index contributed by atoms with van der Waals surface area (Å²) in [6.45, 7) is 0. The number of rotatable bonds is 4. The molecule has 0 saturated carbocycles. The second-order valence-corrected chi connectivity index (χ2v) is 4.98. The number of nitrogens with one attached hydrogen (secondary N) is 1. The maximum atomic E-state index is 5.71. The first-order valence-electron chi connectivity index (χ1n) is 6.70. The molecule has 3 N–H and O–H groups in total. The summed E-state index contributed by atoms with van der Waals surface area (Å²) < 4.78 is 1.79. The molecule has 0 radical (unpaired) electrons. The van der Waals surface area contributed by atoms with Crippen LogP contribution in [0.5, 0.6) is 0 Å². The van der Waals surface area contributed by atoms with E-state index in [1.54, 1.807) is 4.68 Å². The fourth-order valence-corrected chi connectivity index (χ4v) is 2.56. The van der Waals surface area contributed by atoms with Gasteiger partial charge >= 0.3 is 0 Å². The minimum absolute atomic E-state index is 0.0157. The normalized spacial score (nSPS) is 12.7. The zero-order valence-corrected chi connectivity index (χ0v) is 11.5. The van der Waals surface area contributed by atoms with Crippen LogP contribution in [-0.2, 0) is 13.5 Å². The SMILES string of the molecule is Cn1ccc(C(Cc2cccc3ccccc23)NN)n1. The number of nitrogens with zero attached hydrogens (tertiary/aromatic N) is 2. The highest BCUT2D eigenvalue weighted by Gasteiger charge is 2.14.